The maximum absolute atomic E-state index is 2.47. The molecule has 0 heterocycles. The van der Waals surface area contributed by atoms with Crippen molar-refractivity contribution in [1.29, 1.82) is 0 Å². The number of rotatable bonds is 5. The highest BCUT2D eigenvalue weighted by atomic mass is 14.3. The van der Waals surface area contributed by atoms with E-state index in [1.54, 1.807) is 5.57 Å². The molecule has 0 aromatic heterocycles. The minimum atomic E-state index is 1.04. The van der Waals surface area contributed by atoms with Crippen molar-refractivity contribution in [2.75, 3.05) is 0 Å². The van der Waals surface area contributed by atoms with Gasteiger partial charge in [-0.15, -0.1) is 0 Å². The van der Waals surface area contributed by atoms with Gasteiger partial charge in [-0.05, 0) is 117 Å². The molecule has 2 aromatic carbocycles. The summed E-state index contributed by atoms with van der Waals surface area (Å²) in [5, 5.41) is 0. The molecule has 0 saturated heterocycles. The monoisotopic (exact) mass is 448 g/mol. The lowest BCUT2D eigenvalue weighted by Crippen LogP contribution is -2.09. The number of fused-ring (bicyclic) bond motifs is 3. The molecule has 0 fully saturated rings. The SMILES string of the molecule is CCCCC(C)=CC(C)=C(C)C=C1CC2=C(C=Cc3ccccc3CC2)c2cc(C)cc(C)c21. The van der Waals surface area contributed by atoms with Crippen LogP contribution in [0.2, 0.25) is 0 Å². The highest BCUT2D eigenvalue weighted by Gasteiger charge is 2.24. The summed E-state index contributed by atoms with van der Waals surface area (Å²) >= 11 is 0. The molecule has 0 bridgehead atoms. The van der Waals surface area contributed by atoms with E-state index in [1.807, 2.05) is 0 Å². The zero-order chi connectivity index (χ0) is 24.2. The van der Waals surface area contributed by atoms with E-state index in [4.69, 9.17) is 0 Å². The van der Waals surface area contributed by atoms with Gasteiger partial charge in [-0.3, -0.25) is 0 Å². The first-order valence-corrected chi connectivity index (χ1v) is 13.0. The molecule has 2 aromatic rings. The van der Waals surface area contributed by atoms with Gasteiger partial charge in [0.2, 0.25) is 0 Å². The van der Waals surface area contributed by atoms with Crippen molar-refractivity contribution in [3.05, 3.63) is 110 Å². The molecule has 0 spiro atoms. The number of hydrogen-bond donors (Lipinski definition) is 0. The van der Waals surface area contributed by atoms with Crippen LogP contribution in [0.5, 0.6) is 0 Å². The normalized spacial score (nSPS) is 17.6. The van der Waals surface area contributed by atoms with E-state index < -0.39 is 0 Å². The third-order valence-corrected chi connectivity index (χ3v) is 7.46. The summed E-state index contributed by atoms with van der Waals surface area (Å²) in [5.74, 6) is 0. The molecule has 0 nitrogen and oxygen atoms in total. The van der Waals surface area contributed by atoms with Crippen molar-refractivity contribution in [1.82, 2.24) is 0 Å². The summed E-state index contributed by atoms with van der Waals surface area (Å²) in [6.07, 6.45) is 16.6. The fraction of sp³-hybridized carbons (Fsp3) is 0.353. The second kappa shape index (κ2) is 10.6. The maximum atomic E-state index is 2.47. The van der Waals surface area contributed by atoms with E-state index in [2.05, 4.69) is 102 Å². The highest BCUT2D eigenvalue weighted by molar-refractivity contribution is 5.94. The summed E-state index contributed by atoms with van der Waals surface area (Å²) in [5.41, 5.74) is 17.2. The Bertz CT molecular complexity index is 1240. The number of unbranched alkanes of at least 4 members (excludes halogenated alkanes) is 1. The van der Waals surface area contributed by atoms with E-state index in [1.165, 1.54) is 80.5 Å². The highest BCUT2D eigenvalue weighted by Crippen LogP contribution is 2.44. The first kappa shape index (κ1) is 24.3. The predicted molar refractivity (Wildman–Crippen MR) is 151 cm³/mol. The fourth-order valence-corrected chi connectivity index (χ4v) is 5.53. The van der Waals surface area contributed by atoms with Crippen molar-refractivity contribution in [2.45, 2.75) is 80.1 Å². The Morgan fingerprint density at radius 3 is 2.53 bits per heavy atom. The van der Waals surface area contributed by atoms with E-state index in [-0.39, 0.29) is 0 Å². The largest absolute Gasteiger partial charge is 0.0731 e. The second-order valence-corrected chi connectivity index (χ2v) is 10.4. The average Bonchev–Trinajstić information content (AvgIpc) is 2.79. The van der Waals surface area contributed by atoms with Gasteiger partial charge < -0.3 is 0 Å². The smallest absolute Gasteiger partial charge is 0.00514 e. The molecule has 0 saturated carbocycles. The van der Waals surface area contributed by atoms with E-state index >= 15 is 0 Å². The number of hydrogen-bond acceptors (Lipinski definition) is 0. The predicted octanol–water partition coefficient (Wildman–Crippen LogP) is 9.98. The summed E-state index contributed by atoms with van der Waals surface area (Å²) in [4.78, 5) is 0. The van der Waals surface area contributed by atoms with Gasteiger partial charge in [-0.1, -0.05) is 90.8 Å². The van der Waals surface area contributed by atoms with Gasteiger partial charge in [0.15, 0.2) is 0 Å². The van der Waals surface area contributed by atoms with Crippen LogP contribution in [0.3, 0.4) is 0 Å². The Morgan fingerprint density at radius 1 is 0.941 bits per heavy atom. The summed E-state index contributed by atoms with van der Waals surface area (Å²) in [7, 11) is 0. The molecule has 34 heavy (non-hydrogen) atoms. The molecule has 4 rings (SSSR count). The van der Waals surface area contributed by atoms with Crippen LogP contribution >= 0.6 is 0 Å². The molecule has 0 amide bonds. The lowest BCUT2D eigenvalue weighted by atomic mass is 9.76. The standard InChI is InChI=1S/C34H40/c1-7-8-11-23(2)18-25(4)26(5)21-31-22-30-15-14-28-12-9-10-13-29(28)16-17-32(30)33-20-24(3)19-27(6)34(31)33/h9-10,12-13,16-21H,7-8,11,14-15,22H2,1-6H3. The van der Waals surface area contributed by atoms with Crippen molar-refractivity contribution < 1.29 is 0 Å². The van der Waals surface area contributed by atoms with Gasteiger partial charge in [0, 0.05) is 0 Å². The summed E-state index contributed by atoms with van der Waals surface area (Å²) < 4.78 is 0. The third kappa shape index (κ3) is 5.27. The minimum Gasteiger partial charge on any atom is -0.0731 e. The Labute approximate surface area is 207 Å². The maximum Gasteiger partial charge on any atom is -0.00514 e. The molecule has 0 heteroatoms. The number of allylic oxidation sites excluding steroid dienone is 9. The molecule has 2 aliphatic rings. The van der Waals surface area contributed by atoms with Crippen molar-refractivity contribution in [3.8, 4) is 0 Å². The molecule has 0 unspecified atom stereocenters. The van der Waals surface area contributed by atoms with Gasteiger partial charge >= 0.3 is 0 Å². The minimum absolute atomic E-state index is 1.04. The van der Waals surface area contributed by atoms with Crippen molar-refractivity contribution >= 4 is 17.2 Å². The Hall–Kier alpha value is -2.86. The van der Waals surface area contributed by atoms with Gasteiger partial charge in [-0.2, -0.15) is 0 Å². The zero-order valence-electron chi connectivity index (χ0n) is 22.0. The average molecular weight is 449 g/mol. The van der Waals surface area contributed by atoms with Crippen molar-refractivity contribution in [2.24, 2.45) is 0 Å². The van der Waals surface area contributed by atoms with Gasteiger partial charge in [0.05, 0.1) is 0 Å². The third-order valence-electron chi connectivity index (χ3n) is 7.46. The van der Waals surface area contributed by atoms with Crippen LogP contribution in [0.1, 0.15) is 93.2 Å². The molecule has 0 radical (unpaired) electrons. The van der Waals surface area contributed by atoms with Crippen molar-refractivity contribution in [3.63, 3.8) is 0 Å². The van der Waals surface area contributed by atoms with Crippen LogP contribution < -0.4 is 0 Å². The second-order valence-electron chi connectivity index (χ2n) is 10.4. The Balaban J connectivity index is 1.80. The van der Waals surface area contributed by atoms with Gasteiger partial charge in [0.1, 0.15) is 0 Å². The van der Waals surface area contributed by atoms with E-state index in [0.29, 0.717) is 0 Å². The van der Waals surface area contributed by atoms with Crippen LogP contribution in [0.15, 0.2) is 76.9 Å². The quantitative estimate of drug-likeness (QED) is 0.399. The molecule has 2 aliphatic carbocycles. The first-order valence-electron chi connectivity index (χ1n) is 13.0. The molecule has 0 N–H and O–H groups in total. The fourth-order valence-electron chi connectivity index (χ4n) is 5.53. The van der Waals surface area contributed by atoms with Crippen LogP contribution in [-0.2, 0) is 6.42 Å². The molecule has 0 atom stereocenters. The number of aryl methyl sites for hydroxylation is 3. The van der Waals surface area contributed by atoms with E-state index in [0.717, 1.165) is 19.3 Å². The topological polar surface area (TPSA) is 0 Å². The Kier molecular flexibility index (Phi) is 7.57. The van der Waals surface area contributed by atoms with Crippen LogP contribution in [0.25, 0.3) is 17.2 Å². The molecular formula is C34H40. The Morgan fingerprint density at radius 2 is 1.74 bits per heavy atom. The lowest BCUT2D eigenvalue weighted by Gasteiger charge is -2.28. The summed E-state index contributed by atoms with van der Waals surface area (Å²) in [6, 6.07) is 13.6. The van der Waals surface area contributed by atoms with Gasteiger partial charge in [0.25, 0.3) is 0 Å². The number of benzene rings is 2. The van der Waals surface area contributed by atoms with E-state index in [9.17, 15) is 0 Å². The van der Waals surface area contributed by atoms with Crippen LogP contribution in [0.4, 0.5) is 0 Å². The molecular weight excluding hydrogens is 408 g/mol. The lowest BCUT2D eigenvalue weighted by molar-refractivity contribution is 0.786. The first-order chi connectivity index (χ1) is 16.4. The zero-order valence-corrected chi connectivity index (χ0v) is 22.0. The summed E-state index contributed by atoms with van der Waals surface area (Å²) in [6.45, 7) is 13.6. The molecule has 176 valence electrons. The van der Waals surface area contributed by atoms with Crippen LogP contribution in [0, 0.1) is 13.8 Å². The van der Waals surface area contributed by atoms with Gasteiger partial charge in [-0.25, -0.2) is 0 Å². The van der Waals surface area contributed by atoms with Crippen LogP contribution in [-0.4, -0.2) is 0 Å². The molecule has 0 aliphatic heterocycles.